The monoisotopic (exact) mass is 480 g/mol. The van der Waals surface area contributed by atoms with Crippen LogP contribution in [0.5, 0.6) is 0 Å². The summed E-state index contributed by atoms with van der Waals surface area (Å²) in [4.78, 5) is 0.467. The zero-order chi connectivity index (χ0) is 16.4. The van der Waals surface area contributed by atoms with Gasteiger partial charge in [0.25, 0.3) is 20.2 Å². The second kappa shape index (κ2) is 5.66. The van der Waals surface area contributed by atoms with E-state index in [1.165, 1.54) is 0 Å². The Morgan fingerprint density at radius 3 is 1.45 bits per heavy atom. The molecule has 0 aromatic carbocycles. The third-order valence-electron chi connectivity index (χ3n) is 5.02. The minimum absolute atomic E-state index is 0.206. The maximum Gasteiger partial charge on any atom is 0.264 e. The van der Waals surface area contributed by atoms with Crippen molar-refractivity contribution in [3.05, 3.63) is 0 Å². The molecule has 0 spiro atoms. The van der Waals surface area contributed by atoms with Gasteiger partial charge in [0.2, 0.25) is 0 Å². The fourth-order valence-corrected chi connectivity index (χ4v) is 7.83. The van der Waals surface area contributed by atoms with Gasteiger partial charge >= 0.3 is 0 Å². The molecule has 10 heteroatoms. The number of halogens is 2. The van der Waals surface area contributed by atoms with E-state index in [2.05, 4.69) is 31.9 Å². The van der Waals surface area contributed by atoms with Gasteiger partial charge in [-0.2, -0.15) is 16.8 Å². The van der Waals surface area contributed by atoms with Gasteiger partial charge in [0, 0.05) is 15.6 Å². The van der Waals surface area contributed by atoms with E-state index >= 15 is 0 Å². The fraction of sp³-hybridized carbons (Fsp3) is 1.00. The summed E-state index contributed by atoms with van der Waals surface area (Å²) < 4.78 is 56.6. The van der Waals surface area contributed by atoms with Gasteiger partial charge < -0.3 is 0 Å². The Labute approximate surface area is 147 Å². The molecule has 3 aliphatic carbocycles. The first-order chi connectivity index (χ1) is 9.98. The SMILES string of the molecule is CS(=O)(=O)O[C@@H]1C[C@H]2C3C1[C@H](OS(C)(=O)=O)C[C@@H]3[C@@H](Br)[C@H]2Br. The number of hydrogen-bond acceptors (Lipinski definition) is 6. The third-order valence-corrected chi connectivity index (χ3v) is 9.42. The highest BCUT2D eigenvalue weighted by Crippen LogP contribution is 2.63. The zero-order valence-corrected chi connectivity index (χ0v) is 16.9. The number of hydrogen-bond donors (Lipinski definition) is 0. The summed E-state index contributed by atoms with van der Waals surface area (Å²) in [5, 5.41) is 0. The topological polar surface area (TPSA) is 86.7 Å². The molecule has 6 nitrogen and oxygen atoms in total. The van der Waals surface area contributed by atoms with Gasteiger partial charge in [0.05, 0.1) is 24.7 Å². The van der Waals surface area contributed by atoms with Crippen LogP contribution in [-0.4, -0.2) is 51.2 Å². The summed E-state index contributed by atoms with van der Waals surface area (Å²) in [6, 6.07) is 0. The first-order valence-corrected chi connectivity index (χ1v) is 12.5. The first kappa shape index (κ1) is 17.6. The molecule has 0 aromatic heterocycles. The predicted molar refractivity (Wildman–Crippen MR) is 88.1 cm³/mol. The van der Waals surface area contributed by atoms with E-state index in [0.717, 1.165) is 12.5 Å². The summed E-state index contributed by atoms with van der Waals surface area (Å²) in [5.74, 6) is 0.535. The minimum Gasteiger partial charge on any atom is -0.267 e. The van der Waals surface area contributed by atoms with E-state index in [0.29, 0.717) is 12.8 Å². The Morgan fingerprint density at radius 1 is 0.773 bits per heavy atom. The maximum atomic E-state index is 11.5. The lowest BCUT2D eigenvalue weighted by Gasteiger charge is -2.24. The minimum atomic E-state index is -3.59. The van der Waals surface area contributed by atoms with Gasteiger partial charge in [-0.3, -0.25) is 8.37 Å². The van der Waals surface area contributed by atoms with Crippen LogP contribution in [0, 0.1) is 23.7 Å². The van der Waals surface area contributed by atoms with Crippen LogP contribution in [0.1, 0.15) is 12.8 Å². The summed E-state index contributed by atoms with van der Waals surface area (Å²) >= 11 is 7.38. The lowest BCUT2D eigenvalue weighted by atomic mass is 9.92. The highest BCUT2D eigenvalue weighted by Gasteiger charge is 2.65. The van der Waals surface area contributed by atoms with Crippen LogP contribution in [0.25, 0.3) is 0 Å². The molecule has 128 valence electrons. The molecule has 3 aliphatic rings. The highest BCUT2D eigenvalue weighted by molar-refractivity contribution is 9.12. The normalized spacial score (nSPS) is 47.8. The Kier molecular flexibility index (Phi) is 4.52. The van der Waals surface area contributed by atoms with Crippen molar-refractivity contribution in [3.63, 3.8) is 0 Å². The maximum absolute atomic E-state index is 11.5. The zero-order valence-electron chi connectivity index (χ0n) is 12.1. The molecule has 0 aromatic rings. The van der Waals surface area contributed by atoms with Gasteiger partial charge in [-0.05, 0) is 30.6 Å². The van der Waals surface area contributed by atoms with Crippen molar-refractivity contribution < 1.29 is 25.2 Å². The van der Waals surface area contributed by atoms with Crippen LogP contribution in [0.3, 0.4) is 0 Å². The van der Waals surface area contributed by atoms with E-state index in [1.54, 1.807) is 0 Å². The van der Waals surface area contributed by atoms with E-state index in [-0.39, 0.29) is 33.3 Å². The van der Waals surface area contributed by atoms with Crippen LogP contribution in [0.15, 0.2) is 0 Å². The van der Waals surface area contributed by atoms with Crippen molar-refractivity contribution in [2.45, 2.75) is 34.7 Å². The number of alkyl halides is 2. The summed E-state index contributed by atoms with van der Waals surface area (Å²) in [6.07, 6.45) is 2.22. The van der Waals surface area contributed by atoms with Gasteiger partial charge in [0.15, 0.2) is 0 Å². The molecular weight excluding hydrogens is 464 g/mol. The molecular formula is C12H18Br2O6S2. The molecule has 3 rings (SSSR count). The molecule has 0 amide bonds. The molecule has 2 unspecified atom stereocenters. The van der Waals surface area contributed by atoms with Crippen molar-refractivity contribution in [2.24, 2.45) is 23.7 Å². The Morgan fingerprint density at radius 2 is 1.14 bits per heavy atom. The Bertz CT molecular complexity index is 607. The molecule has 0 aliphatic heterocycles. The Balaban J connectivity index is 1.91. The standard InChI is InChI=1S/C12H18Br2O6S2/c1-21(15,16)19-7-3-5-9-6(12(14)11(5)13)4-8(10(7)9)20-22(2,17)18/h5-12H,3-4H2,1-2H3/t5-,6-,7+,8+,9?,10?,11-,12+/m0/s1. The van der Waals surface area contributed by atoms with Gasteiger partial charge in [-0.1, -0.05) is 31.9 Å². The lowest BCUT2D eigenvalue weighted by Crippen LogP contribution is -2.33. The van der Waals surface area contributed by atoms with Crippen LogP contribution < -0.4 is 0 Å². The second-order valence-corrected chi connectivity index (χ2v) is 11.8. The third kappa shape index (κ3) is 3.15. The molecule has 0 radical (unpaired) electrons. The second-order valence-electron chi connectivity index (χ2n) is 6.52. The van der Waals surface area contributed by atoms with Crippen molar-refractivity contribution in [1.82, 2.24) is 0 Å². The van der Waals surface area contributed by atoms with Crippen LogP contribution in [0.4, 0.5) is 0 Å². The smallest absolute Gasteiger partial charge is 0.264 e. The van der Waals surface area contributed by atoms with Gasteiger partial charge in [-0.15, -0.1) is 0 Å². The summed E-state index contributed by atoms with van der Waals surface area (Å²) in [7, 11) is -7.19. The quantitative estimate of drug-likeness (QED) is 0.446. The molecule has 0 heterocycles. The average Bonchev–Trinajstić information content (AvgIpc) is 2.90. The van der Waals surface area contributed by atoms with Crippen molar-refractivity contribution in [2.75, 3.05) is 12.5 Å². The fourth-order valence-electron chi connectivity index (χ4n) is 4.60. The molecule has 8 atom stereocenters. The summed E-state index contributed by atoms with van der Waals surface area (Å²) in [6.45, 7) is 0. The number of rotatable bonds is 4. The van der Waals surface area contributed by atoms with Crippen molar-refractivity contribution >= 4 is 52.1 Å². The molecule has 3 fully saturated rings. The average molecular weight is 482 g/mol. The van der Waals surface area contributed by atoms with E-state index in [9.17, 15) is 16.8 Å². The van der Waals surface area contributed by atoms with E-state index < -0.39 is 32.4 Å². The predicted octanol–water partition coefficient (Wildman–Crippen LogP) is 1.49. The molecule has 0 N–H and O–H groups in total. The first-order valence-electron chi connectivity index (χ1n) is 7.02. The van der Waals surface area contributed by atoms with E-state index in [1.807, 2.05) is 0 Å². The van der Waals surface area contributed by atoms with E-state index in [4.69, 9.17) is 8.37 Å². The molecule has 3 saturated carbocycles. The van der Waals surface area contributed by atoms with Crippen molar-refractivity contribution in [1.29, 1.82) is 0 Å². The van der Waals surface area contributed by atoms with Crippen molar-refractivity contribution in [3.8, 4) is 0 Å². The largest absolute Gasteiger partial charge is 0.267 e. The molecule has 22 heavy (non-hydrogen) atoms. The van der Waals surface area contributed by atoms with Crippen LogP contribution in [0.2, 0.25) is 0 Å². The highest BCUT2D eigenvalue weighted by atomic mass is 79.9. The van der Waals surface area contributed by atoms with Gasteiger partial charge in [-0.25, -0.2) is 0 Å². The molecule has 0 bridgehead atoms. The Hall–Kier alpha value is 0.780. The lowest BCUT2D eigenvalue weighted by molar-refractivity contribution is 0.0771. The van der Waals surface area contributed by atoms with Crippen LogP contribution in [-0.2, 0) is 28.6 Å². The van der Waals surface area contributed by atoms with Gasteiger partial charge in [0.1, 0.15) is 0 Å². The summed E-state index contributed by atoms with van der Waals surface area (Å²) in [5.41, 5.74) is 0. The van der Waals surface area contributed by atoms with Crippen LogP contribution >= 0.6 is 31.9 Å². The molecule has 0 saturated heterocycles.